The zero-order valence-electron chi connectivity index (χ0n) is 14.5. The summed E-state index contributed by atoms with van der Waals surface area (Å²) in [5, 5.41) is 3.18. The maximum Gasteiger partial charge on any atom is 0.262 e. The topological polar surface area (TPSA) is 95.7 Å². The zero-order valence-corrected chi connectivity index (χ0v) is 14.5. The fourth-order valence-electron chi connectivity index (χ4n) is 5.67. The van der Waals surface area contributed by atoms with Crippen LogP contribution in [0.15, 0.2) is 18.2 Å². The van der Waals surface area contributed by atoms with Crippen molar-refractivity contribution in [3.05, 3.63) is 29.3 Å². The number of benzene rings is 1. The van der Waals surface area contributed by atoms with Crippen LogP contribution < -0.4 is 11.1 Å². The molecule has 7 heteroatoms. The Balaban J connectivity index is 1.31. The summed E-state index contributed by atoms with van der Waals surface area (Å²) in [6, 6.07) is 4.65. The smallest absolute Gasteiger partial charge is 0.262 e. The van der Waals surface area contributed by atoms with Gasteiger partial charge in [-0.2, -0.15) is 0 Å². The summed E-state index contributed by atoms with van der Waals surface area (Å²) in [6.07, 6.45) is 3.27. The standard InChI is InChI=1S/C19H22N4O3/c20-13-1-2-14-15(4-13)18(26)23(17(14)25)9-16(24)21-19-5-11-3-12(6-19)8-22(7-11)10-19/h1-2,4,11-12H,3,5-10,20H2,(H,21,24)/t11-,12+,19+. The minimum absolute atomic E-state index is 0.190. The number of piperidine rings is 3. The SMILES string of the molecule is Nc1ccc2c(c1)C(=O)N(CC(=O)N[C@@]13C[C@@H]4C[C@@H](C[N@](C4)C1)C3)C2=O. The van der Waals surface area contributed by atoms with Gasteiger partial charge in [-0.3, -0.25) is 19.3 Å². The number of nitrogens with zero attached hydrogens (tertiary/aromatic N) is 2. The third kappa shape index (κ3) is 2.34. The molecule has 136 valence electrons. The molecule has 5 aliphatic rings. The van der Waals surface area contributed by atoms with Gasteiger partial charge in [0.25, 0.3) is 11.8 Å². The van der Waals surface area contributed by atoms with Gasteiger partial charge in [-0.15, -0.1) is 0 Å². The number of nitrogen functional groups attached to an aromatic ring is 1. The lowest BCUT2D eigenvalue weighted by molar-refractivity contribution is -0.128. The number of fused-ring (bicyclic) bond motifs is 1. The summed E-state index contributed by atoms with van der Waals surface area (Å²) in [6.45, 7) is 2.91. The van der Waals surface area contributed by atoms with Crippen LogP contribution >= 0.6 is 0 Å². The molecule has 4 aliphatic heterocycles. The van der Waals surface area contributed by atoms with Gasteiger partial charge >= 0.3 is 0 Å². The molecule has 1 aromatic carbocycles. The van der Waals surface area contributed by atoms with Crippen LogP contribution in [0.1, 0.15) is 40.0 Å². The minimum Gasteiger partial charge on any atom is -0.399 e. The monoisotopic (exact) mass is 354 g/mol. The predicted octanol–water partition coefficient (Wildman–Crippen LogP) is 0.465. The summed E-state index contributed by atoms with van der Waals surface area (Å²) in [5.74, 6) is 0.185. The lowest BCUT2D eigenvalue weighted by atomic mass is 9.64. The molecular formula is C19H22N4O3. The Morgan fingerprint density at radius 3 is 2.54 bits per heavy atom. The van der Waals surface area contributed by atoms with Crippen molar-refractivity contribution in [3.8, 4) is 0 Å². The molecule has 1 saturated carbocycles. The lowest BCUT2D eigenvalue weighted by Gasteiger charge is -2.58. The van der Waals surface area contributed by atoms with E-state index in [0.717, 1.165) is 37.4 Å². The normalized spacial score (nSPS) is 34.3. The molecule has 3 saturated heterocycles. The summed E-state index contributed by atoms with van der Waals surface area (Å²) < 4.78 is 0. The molecular weight excluding hydrogens is 332 g/mol. The van der Waals surface area contributed by atoms with Gasteiger partial charge in [-0.05, 0) is 49.3 Å². The molecule has 4 heterocycles. The molecule has 4 fully saturated rings. The van der Waals surface area contributed by atoms with Crippen LogP contribution in [0.5, 0.6) is 0 Å². The molecule has 0 spiro atoms. The highest BCUT2D eigenvalue weighted by atomic mass is 16.2. The van der Waals surface area contributed by atoms with Gasteiger partial charge < -0.3 is 16.0 Å². The van der Waals surface area contributed by atoms with Crippen LogP contribution in [-0.2, 0) is 4.79 Å². The van der Waals surface area contributed by atoms with Gasteiger partial charge in [-0.25, -0.2) is 0 Å². The van der Waals surface area contributed by atoms with E-state index < -0.39 is 11.8 Å². The summed E-state index contributed by atoms with van der Waals surface area (Å²) in [7, 11) is 0. The summed E-state index contributed by atoms with van der Waals surface area (Å²) in [5.41, 5.74) is 6.55. The first-order chi connectivity index (χ1) is 12.4. The first kappa shape index (κ1) is 15.8. The molecule has 0 aromatic heterocycles. The van der Waals surface area contributed by atoms with Crippen LogP contribution in [0.25, 0.3) is 0 Å². The van der Waals surface area contributed by atoms with Crippen molar-refractivity contribution in [3.63, 3.8) is 0 Å². The second kappa shape index (κ2) is 5.30. The molecule has 0 radical (unpaired) electrons. The minimum atomic E-state index is -0.443. The van der Waals surface area contributed by atoms with E-state index in [1.165, 1.54) is 12.5 Å². The molecule has 3 N–H and O–H groups in total. The van der Waals surface area contributed by atoms with Gasteiger partial charge in [0.05, 0.1) is 16.7 Å². The lowest BCUT2D eigenvalue weighted by Crippen LogP contribution is -2.69. The molecule has 4 bridgehead atoms. The van der Waals surface area contributed by atoms with Crippen LogP contribution in [0.4, 0.5) is 5.69 Å². The Kier molecular flexibility index (Phi) is 3.22. The molecule has 6 rings (SSSR count). The number of anilines is 1. The summed E-state index contributed by atoms with van der Waals surface area (Å²) >= 11 is 0. The van der Waals surface area contributed by atoms with Gasteiger partial charge in [0, 0.05) is 25.3 Å². The average Bonchev–Trinajstić information content (AvgIpc) is 2.77. The fourth-order valence-corrected chi connectivity index (χ4v) is 5.67. The average molecular weight is 354 g/mol. The molecule has 26 heavy (non-hydrogen) atoms. The Labute approximate surface area is 151 Å². The highest BCUT2D eigenvalue weighted by molar-refractivity contribution is 6.22. The first-order valence-corrected chi connectivity index (χ1v) is 9.21. The van der Waals surface area contributed by atoms with Gasteiger partial charge in [-0.1, -0.05) is 0 Å². The van der Waals surface area contributed by atoms with E-state index in [2.05, 4.69) is 10.2 Å². The Hall–Kier alpha value is -2.41. The molecule has 3 amide bonds. The second-order valence-corrected chi connectivity index (χ2v) is 8.40. The largest absolute Gasteiger partial charge is 0.399 e. The first-order valence-electron chi connectivity index (χ1n) is 9.21. The maximum atomic E-state index is 12.7. The predicted molar refractivity (Wildman–Crippen MR) is 94.4 cm³/mol. The van der Waals surface area contributed by atoms with E-state index in [1.54, 1.807) is 12.1 Å². The Bertz CT molecular complexity index is 799. The van der Waals surface area contributed by atoms with E-state index in [0.29, 0.717) is 23.1 Å². The van der Waals surface area contributed by atoms with Gasteiger partial charge in [0.1, 0.15) is 6.54 Å². The number of imide groups is 1. The third-order valence-electron chi connectivity index (χ3n) is 6.29. The number of hydrogen-bond donors (Lipinski definition) is 2. The number of amides is 3. The second-order valence-electron chi connectivity index (χ2n) is 8.40. The Morgan fingerprint density at radius 2 is 1.85 bits per heavy atom. The molecule has 0 unspecified atom stereocenters. The van der Waals surface area contributed by atoms with E-state index in [9.17, 15) is 14.4 Å². The van der Waals surface area contributed by atoms with E-state index in [1.807, 2.05) is 0 Å². The summed E-state index contributed by atoms with van der Waals surface area (Å²) in [4.78, 5) is 41.2. The van der Waals surface area contributed by atoms with Crippen molar-refractivity contribution in [1.82, 2.24) is 15.1 Å². The highest BCUT2D eigenvalue weighted by Gasteiger charge is 2.51. The van der Waals surface area contributed by atoms with Crippen molar-refractivity contribution in [2.24, 2.45) is 11.8 Å². The van der Waals surface area contributed by atoms with E-state index >= 15 is 0 Å². The number of carbonyl (C=O) groups excluding carboxylic acids is 3. The molecule has 1 aliphatic carbocycles. The fraction of sp³-hybridized carbons (Fsp3) is 0.526. The van der Waals surface area contributed by atoms with E-state index in [4.69, 9.17) is 5.73 Å². The van der Waals surface area contributed by atoms with Crippen LogP contribution in [0.3, 0.4) is 0 Å². The molecule has 1 aromatic rings. The van der Waals surface area contributed by atoms with Crippen molar-refractivity contribution < 1.29 is 14.4 Å². The maximum absolute atomic E-state index is 12.7. The number of rotatable bonds is 3. The number of carbonyl (C=O) groups is 3. The van der Waals surface area contributed by atoms with Crippen LogP contribution in [0.2, 0.25) is 0 Å². The van der Waals surface area contributed by atoms with Gasteiger partial charge in [0.15, 0.2) is 0 Å². The van der Waals surface area contributed by atoms with Crippen molar-refractivity contribution in [2.75, 3.05) is 31.9 Å². The Morgan fingerprint density at radius 1 is 1.15 bits per heavy atom. The highest BCUT2D eigenvalue weighted by Crippen LogP contribution is 2.45. The quantitative estimate of drug-likeness (QED) is 0.607. The number of nitrogens with one attached hydrogen (secondary N) is 1. The van der Waals surface area contributed by atoms with Crippen molar-refractivity contribution >= 4 is 23.4 Å². The van der Waals surface area contributed by atoms with Crippen molar-refractivity contribution in [1.29, 1.82) is 0 Å². The number of nitrogens with two attached hydrogens (primary N) is 1. The molecule has 7 nitrogen and oxygen atoms in total. The van der Waals surface area contributed by atoms with Crippen LogP contribution in [0, 0.1) is 11.8 Å². The van der Waals surface area contributed by atoms with Crippen molar-refractivity contribution in [2.45, 2.75) is 24.8 Å². The van der Waals surface area contributed by atoms with Crippen LogP contribution in [-0.4, -0.2) is 59.2 Å². The third-order valence-corrected chi connectivity index (χ3v) is 6.29. The van der Waals surface area contributed by atoms with E-state index in [-0.39, 0.29) is 23.6 Å². The zero-order chi connectivity index (χ0) is 18.1. The molecule has 4 atom stereocenters. The van der Waals surface area contributed by atoms with Gasteiger partial charge in [0.2, 0.25) is 5.91 Å². The number of hydrogen-bond acceptors (Lipinski definition) is 5.